The average molecular weight is 223 g/mol. The Morgan fingerprint density at radius 3 is 2.73 bits per heavy atom. The molecule has 4 nitrogen and oxygen atoms in total. The van der Waals surface area contributed by atoms with Crippen LogP contribution in [0.4, 0.5) is 8.78 Å². The standard InChI is InChI=1S/C9H15F2NO3/c1-2-6-5-12-4-3-8(6,15)9(10,11)7(13)14/h6,12,15H,2-5H2,1H3,(H,13,14). The maximum Gasteiger partial charge on any atom is 0.377 e. The van der Waals surface area contributed by atoms with Crippen molar-refractivity contribution in [2.75, 3.05) is 13.1 Å². The lowest BCUT2D eigenvalue weighted by molar-refractivity contribution is -0.229. The van der Waals surface area contributed by atoms with E-state index >= 15 is 0 Å². The van der Waals surface area contributed by atoms with Crippen molar-refractivity contribution in [3.63, 3.8) is 0 Å². The van der Waals surface area contributed by atoms with Crippen LogP contribution in [0, 0.1) is 5.92 Å². The van der Waals surface area contributed by atoms with Crippen LogP contribution in [0.2, 0.25) is 0 Å². The quantitative estimate of drug-likeness (QED) is 0.650. The van der Waals surface area contributed by atoms with Gasteiger partial charge in [0.1, 0.15) is 5.60 Å². The Balaban J connectivity index is 3.00. The van der Waals surface area contributed by atoms with Gasteiger partial charge in [0.25, 0.3) is 0 Å². The third-order valence-corrected chi connectivity index (χ3v) is 3.05. The van der Waals surface area contributed by atoms with Gasteiger partial charge in [0.2, 0.25) is 0 Å². The third-order valence-electron chi connectivity index (χ3n) is 3.05. The van der Waals surface area contributed by atoms with Crippen molar-refractivity contribution in [1.82, 2.24) is 5.32 Å². The van der Waals surface area contributed by atoms with Crippen molar-refractivity contribution in [3.05, 3.63) is 0 Å². The van der Waals surface area contributed by atoms with Crippen molar-refractivity contribution >= 4 is 5.97 Å². The maximum absolute atomic E-state index is 13.4. The van der Waals surface area contributed by atoms with Crippen molar-refractivity contribution in [1.29, 1.82) is 0 Å². The Hall–Kier alpha value is -0.750. The highest BCUT2D eigenvalue weighted by molar-refractivity contribution is 5.77. The van der Waals surface area contributed by atoms with Gasteiger partial charge in [0.05, 0.1) is 0 Å². The highest BCUT2D eigenvalue weighted by Gasteiger charge is 2.62. The summed E-state index contributed by atoms with van der Waals surface area (Å²) in [6.45, 7) is 2.08. The van der Waals surface area contributed by atoms with E-state index in [-0.39, 0.29) is 19.5 Å². The number of carbonyl (C=O) groups is 1. The average Bonchev–Trinajstić information content (AvgIpc) is 2.18. The smallest absolute Gasteiger partial charge is 0.377 e. The van der Waals surface area contributed by atoms with E-state index < -0.39 is 23.4 Å². The molecule has 0 aromatic rings. The summed E-state index contributed by atoms with van der Waals surface area (Å²) in [4.78, 5) is 10.5. The van der Waals surface area contributed by atoms with Crippen LogP contribution in [-0.4, -0.2) is 40.8 Å². The number of alkyl halides is 2. The van der Waals surface area contributed by atoms with E-state index in [1.165, 1.54) is 0 Å². The first-order valence-corrected chi connectivity index (χ1v) is 4.90. The van der Waals surface area contributed by atoms with Crippen LogP contribution in [0.15, 0.2) is 0 Å². The highest BCUT2D eigenvalue weighted by Crippen LogP contribution is 2.40. The van der Waals surface area contributed by atoms with Gasteiger partial charge < -0.3 is 15.5 Å². The fourth-order valence-corrected chi connectivity index (χ4v) is 2.01. The molecule has 2 atom stereocenters. The van der Waals surface area contributed by atoms with Crippen LogP contribution in [0.1, 0.15) is 19.8 Å². The molecule has 1 fully saturated rings. The molecule has 88 valence electrons. The van der Waals surface area contributed by atoms with E-state index in [4.69, 9.17) is 5.11 Å². The molecule has 1 rings (SSSR count). The molecule has 1 aliphatic rings. The minimum absolute atomic E-state index is 0.204. The third kappa shape index (κ3) is 1.83. The number of halogens is 2. The SMILES string of the molecule is CCC1CNCCC1(O)C(F)(F)C(=O)O. The predicted octanol–water partition coefficient (Wildman–Crippen LogP) is 0.457. The van der Waals surface area contributed by atoms with Crippen LogP contribution in [0.25, 0.3) is 0 Å². The second-order valence-corrected chi connectivity index (χ2v) is 3.86. The van der Waals surface area contributed by atoms with Crippen LogP contribution in [0.5, 0.6) is 0 Å². The number of aliphatic hydroxyl groups is 1. The predicted molar refractivity (Wildman–Crippen MR) is 48.8 cm³/mol. The molecule has 0 aliphatic carbocycles. The summed E-state index contributed by atoms with van der Waals surface area (Å²) >= 11 is 0. The first-order chi connectivity index (χ1) is 6.86. The lowest BCUT2D eigenvalue weighted by atomic mass is 9.75. The van der Waals surface area contributed by atoms with Crippen molar-refractivity contribution < 1.29 is 23.8 Å². The van der Waals surface area contributed by atoms with Gasteiger partial charge in [-0.15, -0.1) is 0 Å². The summed E-state index contributed by atoms with van der Waals surface area (Å²) in [5.41, 5.74) is -2.43. The van der Waals surface area contributed by atoms with Gasteiger partial charge in [-0.05, 0) is 19.4 Å². The molecule has 0 amide bonds. The molecule has 3 N–H and O–H groups in total. The maximum atomic E-state index is 13.4. The van der Waals surface area contributed by atoms with Gasteiger partial charge in [0, 0.05) is 12.5 Å². The number of carboxylic acid groups (broad SMARTS) is 1. The highest BCUT2D eigenvalue weighted by atomic mass is 19.3. The van der Waals surface area contributed by atoms with Gasteiger partial charge >= 0.3 is 11.9 Å². The summed E-state index contributed by atoms with van der Waals surface area (Å²) in [5, 5.41) is 21.2. The topological polar surface area (TPSA) is 69.6 Å². The number of carboxylic acids is 1. The van der Waals surface area contributed by atoms with Crippen LogP contribution in [-0.2, 0) is 4.79 Å². The fourth-order valence-electron chi connectivity index (χ4n) is 2.01. The molecule has 0 spiro atoms. The lowest BCUT2D eigenvalue weighted by Gasteiger charge is -2.42. The monoisotopic (exact) mass is 223 g/mol. The zero-order valence-electron chi connectivity index (χ0n) is 8.46. The Bertz CT molecular complexity index is 260. The number of piperidine rings is 1. The van der Waals surface area contributed by atoms with Gasteiger partial charge in [-0.1, -0.05) is 6.92 Å². The molecule has 1 saturated heterocycles. The summed E-state index contributed by atoms with van der Waals surface area (Å²) in [6.07, 6.45) is 0.0666. The number of hydrogen-bond acceptors (Lipinski definition) is 3. The van der Waals surface area contributed by atoms with E-state index in [9.17, 15) is 18.7 Å². The Kier molecular flexibility index (Phi) is 3.30. The minimum Gasteiger partial charge on any atom is -0.477 e. The minimum atomic E-state index is -4.09. The Morgan fingerprint density at radius 2 is 2.27 bits per heavy atom. The summed E-state index contributed by atoms with van der Waals surface area (Å²) in [5.74, 6) is -7.09. The molecular formula is C9H15F2NO3. The van der Waals surface area contributed by atoms with Crippen LogP contribution < -0.4 is 5.32 Å². The molecule has 6 heteroatoms. The van der Waals surface area contributed by atoms with E-state index in [2.05, 4.69) is 5.32 Å². The molecule has 0 bridgehead atoms. The Labute approximate surface area is 86.3 Å². The number of aliphatic carboxylic acids is 1. The first-order valence-electron chi connectivity index (χ1n) is 4.90. The van der Waals surface area contributed by atoms with Crippen LogP contribution >= 0.6 is 0 Å². The van der Waals surface area contributed by atoms with E-state index in [1.54, 1.807) is 6.92 Å². The zero-order valence-corrected chi connectivity index (χ0v) is 8.46. The van der Waals surface area contributed by atoms with Gasteiger partial charge in [-0.3, -0.25) is 0 Å². The largest absolute Gasteiger partial charge is 0.477 e. The normalized spacial score (nSPS) is 32.7. The zero-order chi connectivity index (χ0) is 11.7. The van der Waals surface area contributed by atoms with Crippen LogP contribution in [0.3, 0.4) is 0 Å². The molecule has 1 aliphatic heterocycles. The Morgan fingerprint density at radius 1 is 1.67 bits per heavy atom. The molecule has 2 unspecified atom stereocenters. The van der Waals surface area contributed by atoms with Crippen molar-refractivity contribution in [3.8, 4) is 0 Å². The number of nitrogens with one attached hydrogen (secondary N) is 1. The molecule has 0 aromatic carbocycles. The lowest BCUT2D eigenvalue weighted by Crippen LogP contribution is -2.63. The molecular weight excluding hydrogens is 208 g/mol. The second kappa shape index (κ2) is 4.02. The molecule has 0 radical (unpaired) electrons. The molecule has 1 heterocycles. The summed E-state index contributed by atoms with van der Waals surface area (Å²) < 4.78 is 26.8. The van der Waals surface area contributed by atoms with E-state index in [0.717, 1.165) is 0 Å². The summed E-state index contributed by atoms with van der Waals surface area (Å²) in [6, 6.07) is 0. The second-order valence-electron chi connectivity index (χ2n) is 3.86. The van der Waals surface area contributed by atoms with Gasteiger partial charge in [0.15, 0.2) is 0 Å². The summed E-state index contributed by atoms with van der Waals surface area (Å²) in [7, 11) is 0. The molecule has 0 aromatic heterocycles. The van der Waals surface area contributed by atoms with E-state index in [1.807, 2.05) is 0 Å². The van der Waals surface area contributed by atoms with Gasteiger partial charge in [-0.2, -0.15) is 8.78 Å². The molecule has 15 heavy (non-hydrogen) atoms. The van der Waals surface area contributed by atoms with Crippen molar-refractivity contribution in [2.24, 2.45) is 5.92 Å². The number of hydrogen-bond donors (Lipinski definition) is 3. The van der Waals surface area contributed by atoms with Gasteiger partial charge in [-0.25, -0.2) is 4.79 Å². The van der Waals surface area contributed by atoms with E-state index in [0.29, 0.717) is 6.42 Å². The number of rotatable bonds is 3. The molecule has 0 saturated carbocycles. The van der Waals surface area contributed by atoms with Crippen molar-refractivity contribution in [2.45, 2.75) is 31.3 Å². The fraction of sp³-hybridized carbons (Fsp3) is 0.889. The first kappa shape index (κ1) is 12.3.